The van der Waals surface area contributed by atoms with Gasteiger partial charge in [0.05, 0.1) is 17.9 Å². The molecule has 3 N–H and O–H groups in total. The average Bonchev–Trinajstić information content (AvgIpc) is 2.96. The Morgan fingerprint density at radius 1 is 1.32 bits per heavy atom. The van der Waals surface area contributed by atoms with Gasteiger partial charge in [0, 0.05) is 11.4 Å². The van der Waals surface area contributed by atoms with E-state index in [4.69, 9.17) is 10.5 Å². The third-order valence-electron chi connectivity index (χ3n) is 3.86. The lowest BCUT2D eigenvalue weighted by atomic mass is 9.98. The van der Waals surface area contributed by atoms with E-state index < -0.39 is 0 Å². The summed E-state index contributed by atoms with van der Waals surface area (Å²) >= 11 is 1.54. The van der Waals surface area contributed by atoms with Gasteiger partial charge in [0.15, 0.2) is 0 Å². The maximum Gasteiger partial charge on any atom is 0.230 e. The molecule has 0 saturated heterocycles. The first-order valence-electron chi connectivity index (χ1n) is 7.54. The number of halogens is 1. The fourth-order valence-electron chi connectivity index (χ4n) is 2.71. The smallest absolute Gasteiger partial charge is 0.230 e. The molecule has 0 heterocycles. The van der Waals surface area contributed by atoms with Crippen molar-refractivity contribution in [1.82, 2.24) is 5.32 Å². The molecule has 1 aliphatic rings. The second-order valence-corrected chi connectivity index (χ2v) is 6.48. The number of rotatable bonds is 7. The van der Waals surface area contributed by atoms with Gasteiger partial charge in [0.2, 0.25) is 5.91 Å². The molecule has 0 aliphatic heterocycles. The van der Waals surface area contributed by atoms with Gasteiger partial charge < -0.3 is 15.8 Å². The molecule has 1 amide bonds. The topological polar surface area (TPSA) is 64.3 Å². The number of ether oxygens (including phenoxy) is 1. The molecule has 1 fully saturated rings. The Morgan fingerprint density at radius 3 is 2.50 bits per heavy atom. The Hall–Kier alpha value is -0.910. The minimum absolute atomic E-state index is 0. The van der Waals surface area contributed by atoms with E-state index in [0.717, 1.165) is 36.3 Å². The normalized spacial score (nSPS) is 15.9. The van der Waals surface area contributed by atoms with Crippen LogP contribution in [0.2, 0.25) is 0 Å². The van der Waals surface area contributed by atoms with E-state index in [-0.39, 0.29) is 23.9 Å². The molecule has 1 aliphatic carbocycles. The highest BCUT2D eigenvalue weighted by atomic mass is 35.5. The highest BCUT2D eigenvalue weighted by molar-refractivity contribution is 8.00. The van der Waals surface area contributed by atoms with Crippen LogP contribution in [0.5, 0.6) is 5.75 Å². The van der Waals surface area contributed by atoms with Crippen LogP contribution >= 0.6 is 24.2 Å². The number of amides is 1. The summed E-state index contributed by atoms with van der Waals surface area (Å²) in [4.78, 5) is 13.2. The van der Waals surface area contributed by atoms with Crippen LogP contribution in [0.1, 0.15) is 32.6 Å². The highest BCUT2D eigenvalue weighted by Crippen LogP contribution is 2.29. The van der Waals surface area contributed by atoms with Crippen molar-refractivity contribution in [3.63, 3.8) is 0 Å². The van der Waals surface area contributed by atoms with Crippen molar-refractivity contribution in [3.8, 4) is 5.75 Å². The van der Waals surface area contributed by atoms with Crippen molar-refractivity contribution >= 4 is 30.1 Å². The van der Waals surface area contributed by atoms with Crippen molar-refractivity contribution < 1.29 is 9.53 Å². The zero-order chi connectivity index (χ0) is 15.1. The Morgan fingerprint density at radius 2 is 1.95 bits per heavy atom. The number of carbonyl (C=O) groups excluding carboxylic acids is 1. The minimum atomic E-state index is -0.156. The summed E-state index contributed by atoms with van der Waals surface area (Å²) in [5, 5.41) is 3.13. The molecule has 4 nitrogen and oxygen atoms in total. The van der Waals surface area contributed by atoms with Crippen LogP contribution in [-0.2, 0) is 4.79 Å². The molecular weight excluding hydrogens is 320 g/mol. The molecule has 0 bridgehead atoms. The quantitative estimate of drug-likeness (QED) is 0.746. The van der Waals surface area contributed by atoms with Crippen LogP contribution in [-0.4, -0.2) is 30.4 Å². The van der Waals surface area contributed by atoms with Crippen molar-refractivity contribution in [2.45, 2.75) is 43.0 Å². The molecule has 0 aromatic heterocycles. The molecule has 0 radical (unpaired) electrons. The maximum atomic E-state index is 12.1. The van der Waals surface area contributed by atoms with E-state index in [0.29, 0.717) is 18.9 Å². The monoisotopic (exact) mass is 344 g/mol. The molecule has 0 atom stereocenters. The Kier molecular flexibility index (Phi) is 8.07. The van der Waals surface area contributed by atoms with E-state index in [1.165, 1.54) is 11.8 Å². The van der Waals surface area contributed by atoms with E-state index >= 15 is 0 Å². The van der Waals surface area contributed by atoms with Crippen LogP contribution in [0, 0.1) is 0 Å². The fourth-order valence-corrected chi connectivity index (χ4v) is 3.41. The SMILES string of the molecule is CCOc1ccc(SCC(=O)NC2(CN)CCCC2)cc1.Cl. The second kappa shape index (κ2) is 9.28. The van der Waals surface area contributed by atoms with Gasteiger partial charge in [-0.25, -0.2) is 0 Å². The first-order chi connectivity index (χ1) is 10.2. The molecule has 0 unspecified atom stereocenters. The summed E-state index contributed by atoms with van der Waals surface area (Å²) in [6.45, 7) is 3.16. The lowest BCUT2D eigenvalue weighted by Crippen LogP contribution is -2.52. The standard InChI is InChI=1S/C16H24N2O2S.ClH/c1-2-20-13-5-7-14(8-6-13)21-11-15(19)18-16(12-17)9-3-4-10-16;/h5-8H,2-4,9-12,17H2,1H3,(H,18,19);1H. The zero-order valence-electron chi connectivity index (χ0n) is 13.0. The predicted octanol–water partition coefficient (Wildman–Crippen LogP) is 2.99. The second-order valence-electron chi connectivity index (χ2n) is 5.43. The van der Waals surface area contributed by atoms with Crippen molar-refractivity contribution in [3.05, 3.63) is 24.3 Å². The summed E-state index contributed by atoms with van der Waals surface area (Å²) in [7, 11) is 0. The number of carbonyl (C=O) groups is 1. The number of hydrogen-bond acceptors (Lipinski definition) is 4. The van der Waals surface area contributed by atoms with Gasteiger partial charge in [-0.3, -0.25) is 4.79 Å². The van der Waals surface area contributed by atoms with Crippen molar-refractivity contribution in [2.24, 2.45) is 5.73 Å². The van der Waals surface area contributed by atoms with Gasteiger partial charge in [-0.1, -0.05) is 12.8 Å². The van der Waals surface area contributed by atoms with E-state index in [2.05, 4.69) is 5.32 Å². The maximum absolute atomic E-state index is 12.1. The molecule has 1 aromatic rings. The van der Waals surface area contributed by atoms with Gasteiger partial charge in [-0.15, -0.1) is 24.2 Å². The number of benzene rings is 1. The number of nitrogens with two attached hydrogens (primary N) is 1. The first kappa shape index (κ1) is 19.1. The summed E-state index contributed by atoms with van der Waals surface area (Å²) < 4.78 is 5.40. The van der Waals surface area contributed by atoms with Crippen LogP contribution in [0.15, 0.2) is 29.2 Å². The van der Waals surface area contributed by atoms with Gasteiger partial charge in [-0.2, -0.15) is 0 Å². The summed E-state index contributed by atoms with van der Waals surface area (Å²) in [5.41, 5.74) is 5.68. The predicted molar refractivity (Wildman–Crippen MR) is 94.0 cm³/mol. The molecule has 22 heavy (non-hydrogen) atoms. The van der Waals surface area contributed by atoms with Gasteiger partial charge in [0.1, 0.15) is 5.75 Å². The molecule has 1 saturated carbocycles. The molecule has 0 spiro atoms. The lowest BCUT2D eigenvalue weighted by molar-refractivity contribution is -0.120. The Bertz CT molecular complexity index is 462. The van der Waals surface area contributed by atoms with Gasteiger partial charge >= 0.3 is 0 Å². The van der Waals surface area contributed by atoms with Gasteiger partial charge in [0.25, 0.3) is 0 Å². The molecular formula is C16H25ClN2O2S. The third-order valence-corrected chi connectivity index (χ3v) is 4.87. The molecule has 2 rings (SSSR count). The number of thioether (sulfide) groups is 1. The third kappa shape index (κ3) is 5.38. The van der Waals surface area contributed by atoms with Gasteiger partial charge in [-0.05, 0) is 44.0 Å². The van der Waals surface area contributed by atoms with Crippen LogP contribution in [0.4, 0.5) is 0 Å². The average molecular weight is 345 g/mol. The lowest BCUT2D eigenvalue weighted by Gasteiger charge is -2.28. The molecule has 124 valence electrons. The summed E-state index contributed by atoms with van der Waals surface area (Å²) in [6.07, 6.45) is 4.32. The molecule has 1 aromatic carbocycles. The van der Waals surface area contributed by atoms with Crippen molar-refractivity contribution in [1.29, 1.82) is 0 Å². The van der Waals surface area contributed by atoms with Crippen LogP contribution in [0.25, 0.3) is 0 Å². The number of hydrogen-bond donors (Lipinski definition) is 2. The van der Waals surface area contributed by atoms with E-state index in [1.54, 1.807) is 0 Å². The number of nitrogens with one attached hydrogen (secondary N) is 1. The molecule has 6 heteroatoms. The highest BCUT2D eigenvalue weighted by Gasteiger charge is 2.33. The Balaban J connectivity index is 0.00000242. The van der Waals surface area contributed by atoms with E-state index in [9.17, 15) is 4.79 Å². The fraction of sp³-hybridized carbons (Fsp3) is 0.562. The van der Waals surface area contributed by atoms with E-state index in [1.807, 2.05) is 31.2 Å². The Labute approximate surface area is 143 Å². The first-order valence-corrected chi connectivity index (χ1v) is 8.53. The van der Waals surface area contributed by atoms with Crippen LogP contribution in [0.3, 0.4) is 0 Å². The minimum Gasteiger partial charge on any atom is -0.494 e. The largest absolute Gasteiger partial charge is 0.494 e. The summed E-state index contributed by atoms with van der Waals surface area (Å²) in [6, 6.07) is 7.83. The zero-order valence-corrected chi connectivity index (χ0v) is 14.6. The summed E-state index contributed by atoms with van der Waals surface area (Å²) in [5.74, 6) is 1.36. The van der Waals surface area contributed by atoms with Crippen LogP contribution < -0.4 is 15.8 Å². The van der Waals surface area contributed by atoms with Crippen molar-refractivity contribution in [2.75, 3.05) is 18.9 Å².